The lowest BCUT2D eigenvalue weighted by Gasteiger charge is -2.08. The van der Waals surface area contributed by atoms with E-state index in [4.69, 9.17) is 4.42 Å². The van der Waals surface area contributed by atoms with Gasteiger partial charge in [-0.3, -0.25) is 0 Å². The average molecular weight is 341 g/mol. The Morgan fingerprint density at radius 2 is 2.00 bits per heavy atom. The van der Waals surface area contributed by atoms with E-state index in [1.54, 1.807) is 0 Å². The Hall–Kier alpha value is -1.38. The lowest BCUT2D eigenvalue weighted by molar-refractivity contribution is 0.404. The molecule has 0 amide bonds. The maximum atomic E-state index is 10.9. The molecule has 0 aliphatic heterocycles. The van der Waals surface area contributed by atoms with Gasteiger partial charge in [0.05, 0.1) is 6.26 Å². The van der Waals surface area contributed by atoms with Crippen molar-refractivity contribution < 1.29 is 12.8 Å². The van der Waals surface area contributed by atoms with E-state index in [9.17, 15) is 8.42 Å². The van der Waals surface area contributed by atoms with Gasteiger partial charge in [0.25, 0.3) is 5.22 Å². The number of aromatic nitrogens is 2. The lowest BCUT2D eigenvalue weighted by Crippen LogP contribution is -2.24. The number of hydrogen-bond donors (Lipinski definition) is 1. The molecule has 0 fully saturated rings. The molecule has 1 aromatic carbocycles. The zero-order valence-corrected chi connectivity index (χ0v) is 14.2. The molecule has 6 nitrogen and oxygen atoms in total. The molecule has 1 aromatic heterocycles. The lowest BCUT2D eigenvalue weighted by atomic mass is 9.98. The Morgan fingerprint density at radius 1 is 1.27 bits per heavy atom. The van der Waals surface area contributed by atoms with E-state index in [0.717, 1.165) is 6.26 Å². The summed E-state index contributed by atoms with van der Waals surface area (Å²) in [5.41, 5.74) is 1.23. The molecule has 2 aromatic rings. The summed E-state index contributed by atoms with van der Waals surface area (Å²) < 4.78 is 29.8. The molecule has 8 heteroatoms. The first kappa shape index (κ1) is 17.0. The zero-order chi connectivity index (χ0) is 16.0. The van der Waals surface area contributed by atoms with Crippen LogP contribution in [0.5, 0.6) is 0 Å². The van der Waals surface area contributed by atoms with Gasteiger partial charge in [0.15, 0.2) is 0 Å². The molecule has 120 valence electrons. The summed E-state index contributed by atoms with van der Waals surface area (Å²) in [6, 6.07) is 10.2. The van der Waals surface area contributed by atoms with Gasteiger partial charge in [-0.2, -0.15) is 0 Å². The summed E-state index contributed by atoms with van der Waals surface area (Å²) >= 11 is 1.34. The molecule has 0 saturated carbocycles. The van der Waals surface area contributed by atoms with E-state index < -0.39 is 10.0 Å². The van der Waals surface area contributed by atoms with Gasteiger partial charge in [-0.05, 0) is 11.5 Å². The largest absolute Gasteiger partial charge is 0.416 e. The number of nitrogens with one attached hydrogen (secondary N) is 1. The Labute approximate surface area is 134 Å². The van der Waals surface area contributed by atoms with Crippen LogP contribution < -0.4 is 4.72 Å². The predicted octanol–water partition coefficient (Wildman–Crippen LogP) is 2.06. The van der Waals surface area contributed by atoms with Crippen molar-refractivity contribution in [2.75, 3.05) is 18.6 Å². The smallest absolute Gasteiger partial charge is 0.276 e. The van der Waals surface area contributed by atoms with Gasteiger partial charge >= 0.3 is 0 Å². The summed E-state index contributed by atoms with van der Waals surface area (Å²) in [4.78, 5) is 0. The Kier molecular flexibility index (Phi) is 5.98. The predicted molar refractivity (Wildman–Crippen MR) is 86.4 cm³/mol. The second kappa shape index (κ2) is 7.75. The van der Waals surface area contributed by atoms with Crippen molar-refractivity contribution in [3.05, 3.63) is 41.8 Å². The standard InChI is InChI=1S/C14H19N3O3S2/c1-11(12-6-4-3-5-7-12)10-13-16-17-14(20-13)21-9-8-15-22(2,18)19/h3-7,11,15H,8-10H2,1-2H3/t11-/m0/s1. The molecule has 1 atom stereocenters. The van der Waals surface area contributed by atoms with E-state index in [-0.39, 0.29) is 0 Å². The summed E-state index contributed by atoms with van der Waals surface area (Å²) in [6.07, 6.45) is 1.81. The zero-order valence-electron chi connectivity index (χ0n) is 12.5. The van der Waals surface area contributed by atoms with Crippen LogP contribution in [0.4, 0.5) is 0 Å². The highest BCUT2D eigenvalue weighted by molar-refractivity contribution is 7.99. The van der Waals surface area contributed by atoms with E-state index in [1.165, 1.54) is 17.3 Å². The molecule has 22 heavy (non-hydrogen) atoms. The normalized spacial score (nSPS) is 13.2. The van der Waals surface area contributed by atoms with E-state index in [1.807, 2.05) is 18.2 Å². The number of sulfonamides is 1. The third-order valence-electron chi connectivity index (χ3n) is 2.99. The molecule has 2 rings (SSSR count). The number of hydrogen-bond acceptors (Lipinski definition) is 6. The van der Waals surface area contributed by atoms with E-state index in [2.05, 4.69) is 34.0 Å². The van der Waals surface area contributed by atoms with Crippen molar-refractivity contribution in [2.24, 2.45) is 0 Å². The minimum atomic E-state index is -3.15. The molecule has 1 heterocycles. The molecule has 0 bridgehead atoms. The van der Waals surface area contributed by atoms with E-state index in [0.29, 0.717) is 35.7 Å². The van der Waals surface area contributed by atoms with Gasteiger partial charge < -0.3 is 4.42 Å². The van der Waals surface area contributed by atoms with Gasteiger partial charge in [0.1, 0.15) is 0 Å². The maximum absolute atomic E-state index is 10.9. The van der Waals surface area contributed by atoms with Gasteiger partial charge in [-0.15, -0.1) is 10.2 Å². The molecule has 0 unspecified atom stereocenters. The van der Waals surface area contributed by atoms with Crippen LogP contribution >= 0.6 is 11.8 Å². The summed E-state index contributed by atoms with van der Waals surface area (Å²) in [5, 5.41) is 8.46. The van der Waals surface area contributed by atoms with Gasteiger partial charge in [0.2, 0.25) is 15.9 Å². The van der Waals surface area contributed by atoms with Crippen LogP contribution in [0.1, 0.15) is 24.3 Å². The second-order valence-corrected chi connectivity index (χ2v) is 7.87. The summed E-state index contributed by atoms with van der Waals surface area (Å²) in [6.45, 7) is 2.45. The van der Waals surface area contributed by atoms with Crippen LogP contribution in [0.3, 0.4) is 0 Å². The Morgan fingerprint density at radius 3 is 2.68 bits per heavy atom. The molecule has 0 aliphatic rings. The minimum absolute atomic E-state index is 0.298. The van der Waals surface area contributed by atoms with Crippen molar-refractivity contribution >= 4 is 21.8 Å². The van der Waals surface area contributed by atoms with Crippen molar-refractivity contribution in [3.8, 4) is 0 Å². The Balaban J connectivity index is 1.81. The van der Waals surface area contributed by atoms with Crippen molar-refractivity contribution in [2.45, 2.75) is 24.5 Å². The number of nitrogens with zero attached hydrogens (tertiary/aromatic N) is 2. The van der Waals surface area contributed by atoms with Crippen LogP contribution in [0, 0.1) is 0 Å². The van der Waals surface area contributed by atoms with Gasteiger partial charge in [-0.25, -0.2) is 13.1 Å². The maximum Gasteiger partial charge on any atom is 0.276 e. The fourth-order valence-corrected chi connectivity index (χ4v) is 3.14. The molecule has 0 spiro atoms. The Bertz CT molecular complexity index is 686. The van der Waals surface area contributed by atoms with Crippen molar-refractivity contribution in [1.29, 1.82) is 0 Å². The first-order valence-electron chi connectivity index (χ1n) is 6.89. The first-order valence-corrected chi connectivity index (χ1v) is 9.76. The highest BCUT2D eigenvalue weighted by Crippen LogP contribution is 2.22. The van der Waals surface area contributed by atoms with Crippen molar-refractivity contribution in [3.63, 3.8) is 0 Å². The third kappa shape index (κ3) is 5.78. The fraction of sp³-hybridized carbons (Fsp3) is 0.429. The summed E-state index contributed by atoms with van der Waals surface area (Å²) in [5.74, 6) is 1.43. The topological polar surface area (TPSA) is 85.1 Å². The second-order valence-electron chi connectivity index (χ2n) is 4.99. The average Bonchev–Trinajstić information content (AvgIpc) is 2.91. The quantitative estimate of drug-likeness (QED) is 0.584. The van der Waals surface area contributed by atoms with Gasteiger partial charge in [-0.1, -0.05) is 49.0 Å². The fourth-order valence-electron chi connectivity index (χ4n) is 1.91. The van der Waals surface area contributed by atoms with Crippen LogP contribution in [0.15, 0.2) is 40.0 Å². The highest BCUT2D eigenvalue weighted by atomic mass is 32.2. The number of rotatable bonds is 8. The minimum Gasteiger partial charge on any atom is -0.416 e. The SMILES string of the molecule is C[C@@H](Cc1nnc(SCCNS(C)(=O)=O)o1)c1ccccc1. The third-order valence-corrected chi connectivity index (χ3v) is 4.54. The van der Waals surface area contributed by atoms with Crippen LogP contribution in [0.2, 0.25) is 0 Å². The van der Waals surface area contributed by atoms with Gasteiger partial charge in [0, 0.05) is 18.7 Å². The molecule has 0 aliphatic carbocycles. The molecule has 0 saturated heterocycles. The molecular weight excluding hydrogens is 322 g/mol. The van der Waals surface area contributed by atoms with Crippen LogP contribution in [-0.2, 0) is 16.4 Å². The molecule has 0 radical (unpaired) electrons. The number of thioether (sulfide) groups is 1. The number of benzene rings is 1. The first-order chi connectivity index (χ1) is 10.4. The molecule has 1 N–H and O–H groups in total. The van der Waals surface area contributed by atoms with Crippen LogP contribution in [-0.4, -0.2) is 37.2 Å². The van der Waals surface area contributed by atoms with E-state index >= 15 is 0 Å². The highest BCUT2D eigenvalue weighted by Gasteiger charge is 2.12. The monoisotopic (exact) mass is 341 g/mol. The van der Waals surface area contributed by atoms with Crippen LogP contribution in [0.25, 0.3) is 0 Å². The summed E-state index contributed by atoms with van der Waals surface area (Å²) in [7, 11) is -3.15. The van der Waals surface area contributed by atoms with Crippen molar-refractivity contribution in [1.82, 2.24) is 14.9 Å². The molecular formula is C14H19N3O3S2.